The number of rotatable bonds is 2. The Morgan fingerprint density at radius 2 is 1.77 bits per heavy atom. The molecule has 3 aromatic rings. The molecule has 0 radical (unpaired) electrons. The van der Waals surface area contributed by atoms with Crippen LogP contribution in [0.5, 0.6) is 0 Å². The van der Waals surface area contributed by atoms with Gasteiger partial charge in [-0.05, 0) is 29.8 Å². The van der Waals surface area contributed by atoms with Crippen LogP contribution >= 0.6 is 0 Å². The van der Waals surface area contributed by atoms with Crippen molar-refractivity contribution in [2.75, 3.05) is 5.32 Å². The fraction of sp³-hybridized carbons (Fsp3) is 0.111. The number of nitrogens with zero attached hydrogens (tertiary/aromatic N) is 2. The van der Waals surface area contributed by atoms with Gasteiger partial charge in [0.15, 0.2) is 11.6 Å². The highest BCUT2D eigenvalue weighted by atomic mass is 19.2. The molecule has 2 heterocycles. The van der Waals surface area contributed by atoms with E-state index in [2.05, 4.69) is 10.3 Å². The number of aromatic nitrogens is 2. The number of carbonyl (C=O) groups excluding carboxylic acids is 1. The summed E-state index contributed by atoms with van der Waals surface area (Å²) in [6.07, 6.45) is 1.22. The van der Waals surface area contributed by atoms with Crippen LogP contribution < -0.4 is 5.32 Å². The Morgan fingerprint density at radius 1 is 1.00 bits per heavy atom. The van der Waals surface area contributed by atoms with Crippen LogP contribution in [0.2, 0.25) is 0 Å². The van der Waals surface area contributed by atoms with Crippen LogP contribution in [-0.2, 0) is 4.79 Å². The number of anilines is 1. The molecule has 1 atom stereocenters. The van der Waals surface area contributed by atoms with E-state index in [4.69, 9.17) is 0 Å². The SMILES string of the molecule is O=C1CC(c2ccc(F)c(F)c2)c2ncn(-c3cc(F)ccc3F)c2N1. The van der Waals surface area contributed by atoms with Gasteiger partial charge < -0.3 is 5.32 Å². The molecule has 1 unspecified atom stereocenters. The molecule has 1 amide bonds. The summed E-state index contributed by atoms with van der Waals surface area (Å²) in [6, 6.07) is 6.27. The van der Waals surface area contributed by atoms with Crippen LogP contribution in [0.25, 0.3) is 5.69 Å². The minimum Gasteiger partial charge on any atom is -0.310 e. The summed E-state index contributed by atoms with van der Waals surface area (Å²) < 4.78 is 55.6. The van der Waals surface area contributed by atoms with E-state index in [1.54, 1.807) is 0 Å². The number of fused-ring (bicyclic) bond motifs is 1. The number of benzene rings is 2. The van der Waals surface area contributed by atoms with Crippen molar-refractivity contribution in [3.63, 3.8) is 0 Å². The minimum absolute atomic E-state index is 0.0271. The molecule has 0 saturated heterocycles. The zero-order chi connectivity index (χ0) is 18.4. The van der Waals surface area contributed by atoms with Crippen LogP contribution in [0.15, 0.2) is 42.7 Å². The lowest BCUT2D eigenvalue weighted by molar-refractivity contribution is -0.116. The minimum atomic E-state index is -1.04. The molecule has 132 valence electrons. The third kappa shape index (κ3) is 2.63. The number of hydrogen-bond acceptors (Lipinski definition) is 2. The molecule has 2 aromatic carbocycles. The molecule has 4 nitrogen and oxygen atoms in total. The molecule has 1 N–H and O–H groups in total. The number of imidazole rings is 1. The van der Waals surface area contributed by atoms with Gasteiger partial charge in [-0.1, -0.05) is 6.07 Å². The smallest absolute Gasteiger partial charge is 0.226 e. The molecule has 0 aliphatic carbocycles. The molecule has 1 aromatic heterocycles. The van der Waals surface area contributed by atoms with Gasteiger partial charge in [-0.15, -0.1) is 0 Å². The largest absolute Gasteiger partial charge is 0.310 e. The molecule has 0 spiro atoms. The van der Waals surface area contributed by atoms with Crippen LogP contribution in [0.4, 0.5) is 23.4 Å². The van der Waals surface area contributed by atoms with Gasteiger partial charge in [-0.2, -0.15) is 0 Å². The number of nitrogens with one attached hydrogen (secondary N) is 1. The van der Waals surface area contributed by atoms with Gasteiger partial charge in [0.05, 0.1) is 11.4 Å². The van der Waals surface area contributed by atoms with E-state index in [9.17, 15) is 22.4 Å². The lowest BCUT2D eigenvalue weighted by Gasteiger charge is -2.23. The first-order valence-corrected chi connectivity index (χ1v) is 7.71. The molecule has 26 heavy (non-hydrogen) atoms. The highest BCUT2D eigenvalue weighted by Crippen LogP contribution is 2.38. The Labute approximate surface area is 145 Å². The maximum atomic E-state index is 14.1. The maximum absolute atomic E-state index is 14.1. The second-order valence-electron chi connectivity index (χ2n) is 5.92. The van der Waals surface area contributed by atoms with Gasteiger partial charge in [0, 0.05) is 18.4 Å². The van der Waals surface area contributed by atoms with E-state index in [0.29, 0.717) is 11.3 Å². The van der Waals surface area contributed by atoms with Crippen molar-refractivity contribution >= 4 is 11.7 Å². The first-order valence-electron chi connectivity index (χ1n) is 7.71. The van der Waals surface area contributed by atoms with Gasteiger partial charge in [0.1, 0.15) is 23.8 Å². The second kappa shape index (κ2) is 5.98. The number of carbonyl (C=O) groups is 1. The fourth-order valence-corrected chi connectivity index (χ4v) is 3.06. The van der Waals surface area contributed by atoms with Crippen LogP contribution in [0.1, 0.15) is 23.6 Å². The molecular weight excluding hydrogens is 350 g/mol. The van der Waals surface area contributed by atoms with Gasteiger partial charge >= 0.3 is 0 Å². The van der Waals surface area contributed by atoms with Gasteiger partial charge in [-0.3, -0.25) is 9.36 Å². The predicted molar refractivity (Wildman–Crippen MR) is 84.9 cm³/mol. The Morgan fingerprint density at radius 3 is 2.54 bits per heavy atom. The molecular formula is C18H11F4N3O. The first kappa shape index (κ1) is 16.3. The standard InChI is InChI=1S/C18H11F4N3O/c19-10-2-4-13(21)15(6-10)25-8-23-17-11(7-16(26)24-18(17)25)9-1-3-12(20)14(22)5-9/h1-6,8,11H,7H2,(H,24,26). The Hall–Kier alpha value is -3.16. The van der Waals surface area contributed by atoms with Crippen molar-refractivity contribution in [1.82, 2.24) is 9.55 Å². The van der Waals surface area contributed by atoms with Crippen molar-refractivity contribution in [3.05, 3.63) is 77.3 Å². The monoisotopic (exact) mass is 361 g/mol. The van der Waals surface area contributed by atoms with Gasteiger partial charge in [0.25, 0.3) is 0 Å². The van der Waals surface area contributed by atoms with Crippen LogP contribution in [-0.4, -0.2) is 15.5 Å². The average molecular weight is 361 g/mol. The maximum Gasteiger partial charge on any atom is 0.226 e. The molecule has 1 aliphatic heterocycles. The molecule has 0 saturated carbocycles. The Balaban J connectivity index is 1.85. The third-order valence-electron chi connectivity index (χ3n) is 4.29. The summed E-state index contributed by atoms with van der Waals surface area (Å²) in [5.74, 6) is -4.25. The highest BCUT2D eigenvalue weighted by Gasteiger charge is 2.32. The Kier molecular flexibility index (Phi) is 3.75. The zero-order valence-electron chi connectivity index (χ0n) is 13.1. The van der Waals surface area contributed by atoms with E-state index in [1.165, 1.54) is 17.0 Å². The summed E-state index contributed by atoms with van der Waals surface area (Å²) in [6.45, 7) is 0. The predicted octanol–water partition coefficient (Wildman–Crippen LogP) is 3.90. The second-order valence-corrected chi connectivity index (χ2v) is 5.92. The van der Waals surface area contributed by atoms with E-state index >= 15 is 0 Å². The zero-order valence-corrected chi connectivity index (χ0v) is 13.1. The molecule has 4 rings (SSSR count). The topological polar surface area (TPSA) is 46.9 Å². The molecule has 0 bridgehead atoms. The quantitative estimate of drug-likeness (QED) is 0.704. The molecule has 8 heteroatoms. The number of hydrogen-bond donors (Lipinski definition) is 1. The molecule has 0 fully saturated rings. The van der Waals surface area contributed by atoms with Crippen molar-refractivity contribution in [2.45, 2.75) is 12.3 Å². The van der Waals surface area contributed by atoms with E-state index in [0.717, 1.165) is 30.3 Å². The summed E-state index contributed by atoms with van der Waals surface area (Å²) in [7, 11) is 0. The first-order chi connectivity index (χ1) is 12.4. The highest BCUT2D eigenvalue weighted by molar-refractivity contribution is 5.94. The lowest BCUT2D eigenvalue weighted by Crippen LogP contribution is -2.25. The normalized spacial score (nSPS) is 16.3. The summed E-state index contributed by atoms with van der Waals surface area (Å²) >= 11 is 0. The number of halogens is 4. The van der Waals surface area contributed by atoms with Crippen molar-refractivity contribution in [2.24, 2.45) is 0 Å². The Bertz CT molecular complexity index is 1030. The van der Waals surface area contributed by atoms with Crippen molar-refractivity contribution in [3.8, 4) is 5.69 Å². The third-order valence-corrected chi connectivity index (χ3v) is 4.29. The van der Waals surface area contributed by atoms with E-state index < -0.39 is 35.1 Å². The van der Waals surface area contributed by atoms with Gasteiger partial charge in [0.2, 0.25) is 5.91 Å². The molecule has 1 aliphatic rings. The summed E-state index contributed by atoms with van der Waals surface area (Å²) in [5.41, 5.74) is 0.606. The fourth-order valence-electron chi connectivity index (χ4n) is 3.06. The van der Waals surface area contributed by atoms with Crippen molar-refractivity contribution in [1.29, 1.82) is 0 Å². The summed E-state index contributed by atoms with van der Waals surface area (Å²) in [5, 5.41) is 2.58. The average Bonchev–Trinajstić information content (AvgIpc) is 3.02. The number of amides is 1. The van der Waals surface area contributed by atoms with Gasteiger partial charge in [-0.25, -0.2) is 22.5 Å². The van der Waals surface area contributed by atoms with E-state index in [1.807, 2.05) is 0 Å². The van der Waals surface area contributed by atoms with E-state index in [-0.39, 0.29) is 17.9 Å². The summed E-state index contributed by atoms with van der Waals surface area (Å²) in [4.78, 5) is 16.3. The van der Waals surface area contributed by atoms with Crippen molar-refractivity contribution < 1.29 is 22.4 Å². The lowest BCUT2D eigenvalue weighted by atomic mass is 9.89. The van der Waals surface area contributed by atoms with Crippen LogP contribution in [0.3, 0.4) is 0 Å². The van der Waals surface area contributed by atoms with Crippen LogP contribution in [0, 0.1) is 23.3 Å².